The van der Waals surface area contributed by atoms with Crippen molar-refractivity contribution >= 4 is 17.3 Å². The Morgan fingerprint density at radius 2 is 2.06 bits per heavy atom. The topological polar surface area (TPSA) is 36.5 Å². The Kier molecular flexibility index (Phi) is 7.48. The van der Waals surface area contributed by atoms with Gasteiger partial charge >= 0.3 is 0 Å². The fourth-order valence-corrected chi connectivity index (χ4v) is 2.04. The van der Waals surface area contributed by atoms with E-state index in [-0.39, 0.29) is 0 Å². The van der Waals surface area contributed by atoms with Crippen molar-refractivity contribution in [2.24, 2.45) is 0 Å². The summed E-state index contributed by atoms with van der Waals surface area (Å²) in [5.41, 5.74) is 0. The maximum atomic E-state index is 5.19. The van der Waals surface area contributed by atoms with Crippen LogP contribution in [0.4, 0.5) is 0 Å². The highest BCUT2D eigenvalue weighted by molar-refractivity contribution is 7.80. The maximum absolute atomic E-state index is 5.19. The number of nitrogens with one attached hydrogen (secondary N) is 2. The van der Waals surface area contributed by atoms with Gasteiger partial charge in [-0.15, -0.1) is 0 Å². The Labute approximate surface area is 110 Å². The Morgan fingerprint density at radius 3 is 2.65 bits per heavy atom. The van der Waals surface area contributed by atoms with Crippen LogP contribution < -0.4 is 10.6 Å². The van der Waals surface area contributed by atoms with Gasteiger partial charge < -0.3 is 15.4 Å². The van der Waals surface area contributed by atoms with Crippen LogP contribution in [0.1, 0.15) is 26.2 Å². The summed E-state index contributed by atoms with van der Waals surface area (Å²) in [7, 11) is 1.72. The standard InChI is InChI=1S/C12H25N3OS/c1-3-15(11-5-6-11)9-8-14-12(17)13-7-4-10-16-2/h11H,3-10H2,1-2H3,(H2,13,14,17). The molecule has 1 rings (SSSR count). The third-order valence-electron chi connectivity index (χ3n) is 2.96. The van der Waals surface area contributed by atoms with E-state index in [1.807, 2.05) is 0 Å². The van der Waals surface area contributed by atoms with Crippen molar-refractivity contribution in [1.82, 2.24) is 15.5 Å². The molecule has 1 aliphatic rings. The number of hydrogen-bond acceptors (Lipinski definition) is 3. The molecule has 2 N–H and O–H groups in total. The average Bonchev–Trinajstić information content (AvgIpc) is 3.14. The van der Waals surface area contributed by atoms with Crippen LogP contribution >= 0.6 is 12.2 Å². The molecule has 5 heteroatoms. The lowest BCUT2D eigenvalue weighted by atomic mass is 10.4. The van der Waals surface area contributed by atoms with Crippen molar-refractivity contribution in [1.29, 1.82) is 0 Å². The molecule has 0 aliphatic heterocycles. The molecule has 0 radical (unpaired) electrons. The van der Waals surface area contributed by atoms with Crippen LogP contribution in [0.15, 0.2) is 0 Å². The Balaban J connectivity index is 1.95. The highest BCUT2D eigenvalue weighted by Gasteiger charge is 2.27. The molecule has 0 unspecified atom stereocenters. The number of ether oxygens (including phenoxy) is 1. The first kappa shape index (κ1) is 14.7. The predicted molar refractivity (Wildman–Crippen MR) is 75.4 cm³/mol. The molecular weight excluding hydrogens is 234 g/mol. The minimum absolute atomic E-state index is 0.757. The van der Waals surface area contributed by atoms with Crippen molar-refractivity contribution in [3.8, 4) is 0 Å². The second kappa shape index (κ2) is 8.66. The van der Waals surface area contributed by atoms with Crippen molar-refractivity contribution < 1.29 is 4.74 Å². The van der Waals surface area contributed by atoms with Gasteiger partial charge in [-0.3, -0.25) is 4.90 Å². The summed E-state index contributed by atoms with van der Waals surface area (Å²) in [6, 6.07) is 0.838. The van der Waals surface area contributed by atoms with E-state index in [0.717, 1.165) is 50.4 Å². The first-order chi connectivity index (χ1) is 8.27. The van der Waals surface area contributed by atoms with E-state index in [1.54, 1.807) is 7.11 Å². The van der Waals surface area contributed by atoms with Crippen LogP contribution in [0.5, 0.6) is 0 Å². The maximum Gasteiger partial charge on any atom is 0.166 e. The van der Waals surface area contributed by atoms with Gasteiger partial charge in [-0.1, -0.05) is 6.92 Å². The third-order valence-corrected chi connectivity index (χ3v) is 3.25. The number of hydrogen-bond donors (Lipinski definition) is 2. The molecule has 0 bridgehead atoms. The highest BCUT2D eigenvalue weighted by Crippen LogP contribution is 2.25. The summed E-state index contributed by atoms with van der Waals surface area (Å²) < 4.78 is 4.97. The van der Waals surface area contributed by atoms with Crippen molar-refractivity contribution in [3.05, 3.63) is 0 Å². The number of likely N-dealkylation sites (N-methyl/N-ethyl adjacent to an activating group) is 1. The van der Waals surface area contributed by atoms with E-state index in [0.29, 0.717) is 0 Å². The number of nitrogens with zero attached hydrogens (tertiary/aromatic N) is 1. The summed E-state index contributed by atoms with van der Waals surface area (Å²) in [4.78, 5) is 2.51. The minimum Gasteiger partial charge on any atom is -0.385 e. The van der Waals surface area contributed by atoms with Gasteiger partial charge in [0.25, 0.3) is 0 Å². The lowest BCUT2D eigenvalue weighted by molar-refractivity contribution is 0.195. The van der Waals surface area contributed by atoms with E-state index in [9.17, 15) is 0 Å². The highest BCUT2D eigenvalue weighted by atomic mass is 32.1. The summed E-state index contributed by atoms with van der Waals surface area (Å²) in [5.74, 6) is 0. The van der Waals surface area contributed by atoms with E-state index in [4.69, 9.17) is 17.0 Å². The summed E-state index contributed by atoms with van der Waals surface area (Å²) in [6.45, 7) is 7.03. The van der Waals surface area contributed by atoms with Crippen molar-refractivity contribution in [2.75, 3.05) is 39.9 Å². The number of thiocarbonyl (C=S) groups is 1. The van der Waals surface area contributed by atoms with E-state index in [2.05, 4.69) is 22.5 Å². The van der Waals surface area contributed by atoms with Gasteiger partial charge in [-0.25, -0.2) is 0 Å². The van der Waals surface area contributed by atoms with Crippen LogP contribution in [0, 0.1) is 0 Å². The molecule has 0 aromatic heterocycles. The smallest absolute Gasteiger partial charge is 0.166 e. The molecular formula is C12H25N3OS. The molecule has 0 aromatic carbocycles. The summed E-state index contributed by atoms with van der Waals surface area (Å²) in [6.07, 6.45) is 3.72. The molecule has 0 amide bonds. The fraction of sp³-hybridized carbons (Fsp3) is 0.917. The van der Waals surface area contributed by atoms with Crippen LogP contribution in [-0.2, 0) is 4.74 Å². The first-order valence-corrected chi connectivity index (χ1v) is 6.93. The van der Waals surface area contributed by atoms with Gasteiger partial charge in [0.05, 0.1) is 0 Å². The molecule has 1 saturated carbocycles. The molecule has 0 aromatic rings. The molecule has 4 nitrogen and oxygen atoms in total. The summed E-state index contributed by atoms with van der Waals surface area (Å²) >= 11 is 5.19. The van der Waals surface area contributed by atoms with Gasteiger partial charge in [0, 0.05) is 39.4 Å². The van der Waals surface area contributed by atoms with Crippen LogP contribution in [-0.4, -0.2) is 55.9 Å². The Morgan fingerprint density at radius 1 is 1.35 bits per heavy atom. The van der Waals surface area contributed by atoms with Gasteiger partial charge in [0.1, 0.15) is 0 Å². The molecule has 0 saturated heterocycles. The normalized spacial score (nSPS) is 15.0. The Hall–Kier alpha value is -0.390. The second-order valence-corrected chi connectivity index (χ2v) is 4.80. The average molecular weight is 259 g/mol. The molecule has 100 valence electrons. The fourth-order valence-electron chi connectivity index (χ4n) is 1.83. The zero-order valence-electron chi connectivity index (χ0n) is 11.0. The second-order valence-electron chi connectivity index (χ2n) is 4.39. The van der Waals surface area contributed by atoms with Crippen molar-refractivity contribution in [3.63, 3.8) is 0 Å². The first-order valence-electron chi connectivity index (χ1n) is 6.52. The van der Waals surface area contributed by atoms with Crippen LogP contribution in [0.25, 0.3) is 0 Å². The molecule has 1 aliphatic carbocycles. The van der Waals surface area contributed by atoms with Crippen LogP contribution in [0.2, 0.25) is 0 Å². The monoisotopic (exact) mass is 259 g/mol. The van der Waals surface area contributed by atoms with E-state index < -0.39 is 0 Å². The largest absolute Gasteiger partial charge is 0.385 e. The molecule has 1 fully saturated rings. The van der Waals surface area contributed by atoms with Crippen molar-refractivity contribution in [2.45, 2.75) is 32.2 Å². The van der Waals surface area contributed by atoms with Gasteiger partial charge in [-0.2, -0.15) is 0 Å². The number of methoxy groups -OCH3 is 1. The summed E-state index contributed by atoms with van der Waals surface area (Å²) in [5, 5.41) is 7.18. The Bertz CT molecular complexity index is 222. The third kappa shape index (κ3) is 6.81. The van der Waals surface area contributed by atoms with E-state index >= 15 is 0 Å². The zero-order valence-corrected chi connectivity index (χ0v) is 11.8. The molecule has 0 spiro atoms. The quantitative estimate of drug-likeness (QED) is 0.477. The minimum atomic E-state index is 0.757. The number of rotatable bonds is 9. The lowest BCUT2D eigenvalue weighted by Crippen LogP contribution is -2.41. The predicted octanol–water partition coefficient (Wildman–Crippen LogP) is 0.971. The van der Waals surface area contributed by atoms with Gasteiger partial charge in [0.2, 0.25) is 0 Å². The SMILES string of the molecule is CCN(CCNC(=S)NCCCOC)C1CC1. The van der Waals surface area contributed by atoms with Gasteiger partial charge in [0.15, 0.2) is 5.11 Å². The molecule has 0 heterocycles. The van der Waals surface area contributed by atoms with E-state index in [1.165, 1.54) is 12.8 Å². The van der Waals surface area contributed by atoms with Gasteiger partial charge in [-0.05, 0) is 38.0 Å². The van der Waals surface area contributed by atoms with Crippen LogP contribution in [0.3, 0.4) is 0 Å². The molecule has 0 atom stereocenters. The molecule has 17 heavy (non-hydrogen) atoms. The lowest BCUT2D eigenvalue weighted by Gasteiger charge is -2.20. The zero-order chi connectivity index (χ0) is 12.5.